The summed E-state index contributed by atoms with van der Waals surface area (Å²) in [4.78, 5) is 24.8. The van der Waals surface area contributed by atoms with Gasteiger partial charge in [0.1, 0.15) is 0 Å². The Kier molecular flexibility index (Phi) is 4.18. The van der Waals surface area contributed by atoms with E-state index >= 15 is 0 Å². The van der Waals surface area contributed by atoms with Crippen LogP contribution in [0.15, 0.2) is 24.3 Å². The molecular formula is C14H17ClN2O3. The van der Waals surface area contributed by atoms with Gasteiger partial charge in [0.2, 0.25) is 0 Å². The predicted molar refractivity (Wildman–Crippen MR) is 77.0 cm³/mol. The van der Waals surface area contributed by atoms with Crippen LogP contribution in [0.4, 0.5) is 10.5 Å². The minimum absolute atomic E-state index is 0.209. The lowest BCUT2D eigenvalue weighted by atomic mass is 9.80. The van der Waals surface area contributed by atoms with Crippen LogP contribution in [0.25, 0.3) is 0 Å². The largest absolute Gasteiger partial charge is 0.481 e. The van der Waals surface area contributed by atoms with Gasteiger partial charge in [0.15, 0.2) is 0 Å². The average Bonchev–Trinajstić information content (AvgIpc) is 2.42. The van der Waals surface area contributed by atoms with E-state index < -0.39 is 11.4 Å². The molecule has 0 atom stereocenters. The maximum atomic E-state index is 12.1. The summed E-state index contributed by atoms with van der Waals surface area (Å²) in [5, 5.41) is 12.5. The number of piperidine rings is 1. The number of nitrogens with zero attached hydrogens (tertiary/aromatic N) is 1. The number of carbonyl (C=O) groups is 2. The quantitative estimate of drug-likeness (QED) is 0.881. The molecule has 1 aliphatic rings. The van der Waals surface area contributed by atoms with Crippen molar-refractivity contribution in [2.45, 2.75) is 19.8 Å². The number of carboxylic acids is 1. The lowest BCUT2D eigenvalue weighted by Gasteiger charge is -2.36. The number of aliphatic carboxylic acids is 1. The molecule has 1 aromatic rings. The van der Waals surface area contributed by atoms with E-state index in [1.54, 1.807) is 36.1 Å². The summed E-state index contributed by atoms with van der Waals surface area (Å²) < 4.78 is 0. The number of amides is 2. The summed E-state index contributed by atoms with van der Waals surface area (Å²) in [6.45, 7) is 2.62. The van der Waals surface area contributed by atoms with Crippen LogP contribution < -0.4 is 5.32 Å². The molecule has 1 aromatic carbocycles. The summed E-state index contributed by atoms with van der Waals surface area (Å²) in [5.74, 6) is -0.796. The van der Waals surface area contributed by atoms with Crippen LogP contribution in [-0.2, 0) is 4.79 Å². The number of carboxylic acid groups (broad SMARTS) is 1. The Labute approximate surface area is 122 Å². The number of benzene rings is 1. The fourth-order valence-electron chi connectivity index (χ4n) is 2.15. The molecule has 1 fully saturated rings. The van der Waals surface area contributed by atoms with Gasteiger partial charge in [-0.05, 0) is 44.0 Å². The molecule has 0 saturated carbocycles. The van der Waals surface area contributed by atoms with Gasteiger partial charge in [-0.25, -0.2) is 4.79 Å². The molecule has 0 bridgehead atoms. The Morgan fingerprint density at radius 3 is 2.30 bits per heavy atom. The number of rotatable bonds is 2. The molecule has 0 aliphatic carbocycles. The van der Waals surface area contributed by atoms with Gasteiger partial charge in [-0.1, -0.05) is 11.6 Å². The SMILES string of the molecule is CC1(C(=O)O)CCN(C(=O)Nc2ccc(Cl)cc2)CC1. The number of anilines is 1. The molecule has 0 radical (unpaired) electrons. The average molecular weight is 297 g/mol. The van der Waals surface area contributed by atoms with Crippen LogP contribution in [0.3, 0.4) is 0 Å². The molecule has 1 heterocycles. The van der Waals surface area contributed by atoms with E-state index in [1.165, 1.54) is 0 Å². The van der Waals surface area contributed by atoms with Gasteiger partial charge in [0.05, 0.1) is 5.41 Å². The number of urea groups is 1. The number of nitrogens with one attached hydrogen (secondary N) is 1. The normalized spacial score (nSPS) is 17.6. The van der Waals surface area contributed by atoms with E-state index in [-0.39, 0.29) is 6.03 Å². The first kappa shape index (κ1) is 14.7. The second kappa shape index (κ2) is 5.71. The number of likely N-dealkylation sites (tertiary alicyclic amines) is 1. The minimum atomic E-state index is -0.796. The molecule has 1 aliphatic heterocycles. The lowest BCUT2D eigenvalue weighted by molar-refractivity contribution is -0.150. The standard InChI is InChI=1S/C14H17ClN2O3/c1-14(12(18)19)6-8-17(9-7-14)13(20)16-11-4-2-10(15)3-5-11/h2-5H,6-9H2,1H3,(H,16,20)(H,18,19). The summed E-state index contributed by atoms with van der Waals surface area (Å²) in [5.41, 5.74) is -0.0530. The monoisotopic (exact) mass is 296 g/mol. The Balaban J connectivity index is 1.92. The zero-order chi connectivity index (χ0) is 14.8. The number of hydrogen-bond donors (Lipinski definition) is 2. The van der Waals surface area contributed by atoms with Gasteiger partial charge in [-0.3, -0.25) is 4.79 Å². The molecule has 0 aromatic heterocycles. The minimum Gasteiger partial charge on any atom is -0.481 e. The first-order valence-corrected chi connectivity index (χ1v) is 6.83. The highest BCUT2D eigenvalue weighted by atomic mass is 35.5. The van der Waals surface area contributed by atoms with Crippen molar-refractivity contribution < 1.29 is 14.7 Å². The number of halogens is 1. The van der Waals surface area contributed by atoms with Gasteiger partial charge < -0.3 is 15.3 Å². The number of carbonyl (C=O) groups excluding carboxylic acids is 1. The highest BCUT2D eigenvalue weighted by Gasteiger charge is 2.37. The third-order valence-corrected chi connectivity index (χ3v) is 4.02. The topological polar surface area (TPSA) is 69.6 Å². The molecular weight excluding hydrogens is 280 g/mol. The van der Waals surface area contributed by atoms with Crippen molar-refractivity contribution in [2.24, 2.45) is 5.41 Å². The molecule has 108 valence electrons. The second-order valence-electron chi connectivity index (χ2n) is 5.29. The van der Waals surface area contributed by atoms with Gasteiger partial charge in [0, 0.05) is 23.8 Å². The molecule has 5 nitrogen and oxygen atoms in total. The Morgan fingerprint density at radius 2 is 1.80 bits per heavy atom. The maximum Gasteiger partial charge on any atom is 0.321 e. The van der Waals surface area contributed by atoms with Crippen LogP contribution in [0.2, 0.25) is 5.02 Å². The van der Waals surface area contributed by atoms with Crippen LogP contribution in [0.5, 0.6) is 0 Å². The van der Waals surface area contributed by atoms with Crippen molar-refractivity contribution in [2.75, 3.05) is 18.4 Å². The Hall–Kier alpha value is -1.75. The van der Waals surface area contributed by atoms with E-state index in [0.29, 0.717) is 36.6 Å². The van der Waals surface area contributed by atoms with Crippen molar-refractivity contribution in [3.8, 4) is 0 Å². The predicted octanol–water partition coefficient (Wildman–Crippen LogP) is 3.06. The molecule has 2 amide bonds. The third-order valence-electron chi connectivity index (χ3n) is 3.77. The van der Waals surface area contributed by atoms with Crippen molar-refractivity contribution >= 4 is 29.3 Å². The first-order chi connectivity index (χ1) is 9.40. The zero-order valence-electron chi connectivity index (χ0n) is 11.2. The van der Waals surface area contributed by atoms with E-state index in [0.717, 1.165) is 0 Å². The third kappa shape index (κ3) is 3.22. The molecule has 2 N–H and O–H groups in total. The van der Waals surface area contributed by atoms with Crippen molar-refractivity contribution in [1.29, 1.82) is 0 Å². The van der Waals surface area contributed by atoms with Crippen molar-refractivity contribution in [3.05, 3.63) is 29.3 Å². The van der Waals surface area contributed by atoms with Crippen molar-refractivity contribution in [3.63, 3.8) is 0 Å². The molecule has 0 spiro atoms. The second-order valence-corrected chi connectivity index (χ2v) is 5.73. The summed E-state index contributed by atoms with van der Waals surface area (Å²) in [6, 6.07) is 6.65. The highest BCUT2D eigenvalue weighted by molar-refractivity contribution is 6.30. The van der Waals surface area contributed by atoms with Crippen molar-refractivity contribution in [1.82, 2.24) is 4.90 Å². The zero-order valence-corrected chi connectivity index (χ0v) is 12.0. The lowest BCUT2D eigenvalue weighted by Crippen LogP contribution is -2.46. The van der Waals surface area contributed by atoms with Gasteiger partial charge in [0.25, 0.3) is 0 Å². The van der Waals surface area contributed by atoms with Crippen LogP contribution in [0.1, 0.15) is 19.8 Å². The first-order valence-electron chi connectivity index (χ1n) is 6.46. The van der Waals surface area contributed by atoms with Gasteiger partial charge >= 0.3 is 12.0 Å². The molecule has 0 unspecified atom stereocenters. The Morgan fingerprint density at radius 1 is 1.25 bits per heavy atom. The maximum absolute atomic E-state index is 12.1. The summed E-state index contributed by atoms with van der Waals surface area (Å²) in [6.07, 6.45) is 0.937. The van der Waals surface area contributed by atoms with Crippen LogP contribution in [-0.4, -0.2) is 35.1 Å². The smallest absolute Gasteiger partial charge is 0.321 e. The molecule has 1 saturated heterocycles. The summed E-state index contributed by atoms with van der Waals surface area (Å²) in [7, 11) is 0. The number of hydrogen-bond acceptors (Lipinski definition) is 2. The van der Waals surface area contributed by atoms with Crippen LogP contribution in [0, 0.1) is 5.41 Å². The summed E-state index contributed by atoms with van der Waals surface area (Å²) >= 11 is 5.78. The van der Waals surface area contributed by atoms with Crippen LogP contribution >= 0.6 is 11.6 Å². The van der Waals surface area contributed by atoms with E-state index in [4.69, 9.17) is 16.7 Å². The van der Waals surface area contributed by atoms with Gasteiger partial charge in [-0.2, -0.15) is 0 Å². The fraction of sp³-hybridized carbons (Fsp3) is 0.429. The Bertz CT molecular complexity index is 508. The molecule has 6 heteroatoms. The van der Waals surface area contributed by atoms with E-state index in [1.807, 2.05) is 0 Å². The highest BCUT2D eigenvalue weighted by Crippen LogP contribution is 2.31. The van der Waals surface area contributed by atoms with E-state index in [9.17, 15) is 9.59 Å². The van der Waals surface area contributed by atoms with E-state index in [2.05, 4.69) is 5.32 Å². The molecule has 20 heavy (non-hydrogen) atoms. The molecule has 2 rings (SSSR count). The fourth-order valence-corrected chi connectivity index (χ4v) is 2.28. The van der Waals surface area contributed by atoms with Gasteiger partial charge in [-0.15, -0.1) is 0 Å².